The summed E-state index contributed by atoms with van der Waals surface area (Å²) in [5, 5.41) is 0. The third-order valence-corrected chi connectivity index (χ3v) is 6.18. The molecule has 4 aromatic rings. The number of rotatable bonds is 7. The average molecular weight is 468 g/mol. The quantitative estimate of drug-likeness (QED) is 0.431. The summed E-state index contributed by atoms with van der Waals surface area (Å²) in [6, 6.07) is 13.5. The first-order valence-electron chi connectivity index (χ1n) is 10.1. The van der Waals surface area contributed by atoms with E-state index in [1.54, 1.807) is 43.6 Å². The standard InChI is InChI=1S/C23H22FN5O3S/c1-15-16(2)29(14-25-15)22-12-23(27-17(3)26-22)32-21-10-8-20(9-11-21)28-33(30,31)13-18-4-6-19(24)7-5-18/h4-12,14,28H,13H2,1-3H3. The van der Waals surface area contributed by atoms with Crippen LogP contribution in [0, 0.1) is 26.6 Å². The summed E-state index contributed by atoms with van der Waals surface area (Å²) in [5.74, 6) is 1.34. The van der Waals surface area contributed by atoms with E-state index in [4.69, 9.17) is 4.74 Å². The number of nitrogens with zero attached hydrogens (tertiary/aromatic N) is 4. The van der Waals surface area contributed by atoms with Crippen LogP contribution in [0.4, 0.5) is 10.1 Å². The van der Waals surface area contributed by atoms with Gasteiger partial charge in [0.2, 0.25) is 15.9 Å². The molecule has 4 rings (SSSR count). The molecule has 0 radical (unpaired) electrons. The molecule has 170 valence electrons. The van der Waals surface area contributed by atoms with Crippen LogP contribution in [0.25, 0.3) is 5.82 Å². The van der Waals surface area contributed by atoms with E-state index in [1.807, 2.05) is 18.4 Å². The highest BCUT2D eigenvalue weighted by Crippen LogP contribution is 2.24. The number of benzene rings is 2. The number of nitrogens with one attached hydrogen (secondary N) is 1. The molecule has 0 saturated carbocycles. The van der Waals surface area contributed by atoms with Crippen molar-refractivity contribution in [3.63, 3.8) is 0 Å². The Bertz CT molecular complexity index is 1380. The lowest BCUT2D eigenvalue weighted by molar-refractivity contribution is 0.459. The highest BCUT2D eigenvalue weighted by Gasteiger charge is 2.13. The zero-order chi connectivity index (χ0) is 23.6. The Morgan fingerprint density at radius 1 is 1.00 bits per heavy atom. The fourth-order valence-corrected chi connectivity index (χ4v) is 4.36. The van der Waals surface area contributed by atoms with Crippen LogP contribution in [0.1, 0.15) is 22.8 Å². The van der Waals surface area contributed by atoms with Gasteiger partial charge >= 0.3 is 0 Å². The summed E-state index contributed by atoms with van der Waals surface area (Å²) in [5.41, 5.74) is 2.75. The fourth-order valence-electron chi connectivity index (χ4n) is 3.16. The first-order chi connectivity index (χ1) is 15.7. The number of ether oxygens (including phenoxy) is 1. The molecular weight excluding hydrogens is 445 g/mol. The molecule has 33 heavy (non-hydrogen) atoms. The molecule has 1 N–H and O–H groups in total. The van der Waals surface area contributed by atoms with Crippen LogP contribution >= 0.6 is 0 Å². The summed E-state index contributed by atoms with van der Waals surface area (Å²) in [4.78, 5) is 13.1. The highest BCUT2D eigenvalue weighted by atomic mass is 32.2. The number of imidazole rings is 1. The van der Waals surface area contributed by atoms with E-state index in [1.165, 1.54) is 24.3 Å². The van der Waals surface area contributed by atoms with E-state index in [2.05, 4.69) is 19.7 Å². The Labute approximate surface area is 191 Å². The Morgan fingerprint density at radius 2 is 1.70 bits per heavy atom. The number of hydrogen-bond acceptors (Lipinski definition) is 6. The molecule has 0 unspecified atom stereocenters. The maximum atomic E-state index is 13.0. The minimum Gasteiger partial charge on any atom is -0.439 e. The van der Waals surface area contributed by atoms with Crippen molar-refractivity contribution in [2.24, 2.45) is 0 Å². The van der Waals surface area contributed by atoms with Gasteiger partial charge < -0.3 is 4.74 Å². The van der Waals surface area contributed by atoms with Gasteiger partial charge in [0.15, 0.2) is 0 Å². The van der Waals surface area contributed by atoms with Crippen LogP contribution in [0.3, 0.4) is 0 Å². The molecule has 2 aromatic carbocycles. The van der Waals surface area contributed by atoms with Gasteiger partial charge in [-0.2, -0.15) is 4.98 Å². The van der Waals surface area contributed by atoms with Crippen LogP contribution < -0.4 is 9.46 Å². The van der Waals surface area contributed by atoms with Crippen LogP contribution in [-0.2, 0) is 15.8 Å². The molecule has 0 saturated heterocycles. The predicted molar refractivity (Wildman–Crippen MR) is 123 cm³/mol. The van der Waals surface area contributed by atoms with Gasteiger partial charge in [-0.25, -0.2) is 22.8 Å². The third-order valence-electron chi connectivity index (χ3n) is 4.92. The average Bonchev–Trinajstić information content (AvgIpc) is 3.09. The second-order valence-electron chi connectivity index (χ2n) is 7.51. The van der Waals surface area contributed by atoms with Gasteiger partial charge in [0.25, 0.3) is 0 Å². The van der Waals surface area contributed by atoms with Gasteiger partial charge in [0.05, 0.1) is 11.4 Å². The molecule has 0 spiro atoms. The van der Waals surface area contributed by atoms with E-state index in [0.29, 0.717) is 34.5 Å². The number of hydrogen-bond donors (Lipinski definition) is 1. The SMILES string of the molecule is Cc1nc(Oc2ccc(NS(=O)(=O)Cc3ccc(F)cc3)cc2)cc(-n2cnc(C)c2C)n1. The Balaban J connectivity index is 1.46. The molecule has 0 fully saturated rings. The first-order valence-corrected chi connectivity index (χ1v) is 11.7. The van der Waals surface area contributed by atoms with Crippen molar-refractivity contribution in [2.45, 2.75) is 26.5 Å². The number of sulfonamides is 1. The first kappa shape index (κ1) is 22.4. The molecule has 10 heteroatoms. The van der Waals surface area contributed by atoms with E-state index >= 15 is 0 Å². The van der Waals surface area contributed by atoms with Crippen LogP contribution in [0.5, 0.6) is 11.6 Å². The maximum Gasteiger partial charge on any atom is 0.236 e. The second kappa shape index (κ2) is 8.99. The van der Waals surface area contributed by atoms with Crippen molar-refractivity contribution in [1.82, 2.24) is 19.5 Å². The summed E-state index contributed by atoms with van der Waals surface area (Å²) >= 11 is 0. The predicted octanol–water partition coefficient (Wildman–Crippen LogP) is 4.46. The molecule has 2 aromatic heterocycles. The van der Waals surface area contributed by atoms with Crippen LogP contribution in [0.15, 0.2) is 60.9 Å². The number of aryl methyl sites for hydroxylation is 2. The van der Waals surface area contributed by atoms with E-state index in [0.717, 1.165) is 11.4 Å². The third kappa shape index (κ3) is 5.53. The minimum absolute atomic E-state index is 0.262. The van der Waals surface area contributed by atoms with Gasteiger partial charge in [-0.1, -0.05) is 12.1 Å². The van der Waals surface area contributed by atoms with Gasteiger partial charge in [-0.05, 0) is 62.7 Å². The monoisotopic (exact) mass is 467 g/mol. The van der Waals surface area contributed by atoms with Crippen molar-refractivity contribution < 1.29 is 17.5 Å². The van der Waals surface area contributed by atoms with Crippen molar-refractivity contribution >= 4 is 15.7 Å². The number of anilines is 1. The number of aromatic nitrogens is 4. The lowest BCUT2D eigenvalue weighted by Crippen LogP contribution is -2.15. The second-order valence-corrected chi connectivity index (χ2v) is 9.23. The van der Waals surface area contributed by atoms with Crippen LogP contribution in [0.2, 0.25) is 0 Å². The lowest BCUT2D eigenvalue weighted by Gasteiger charge is -2.11. The van der Waals surface area contributed by atoms with E-state index in [9.17, 15) is 12.8 Å². The van der Waals surface area contributed by atoms with E-state index in [-0.39, 0.29) is 5.75 Å². The maximum absolute atomic E-state index is 13.0. The molecule has 0 aliphatic heterocycles. The lowest BCUT2D eigenvalue weighted by atomic mass is 10.2. The van der Waals surface area contributed by atoms with Gasteiger partial charge in [-0.3, -0.25) is 9.29 Å². The van der Waals surface area contributed by atoms with E-state index < -0.39 is 15.8 Å². The van der Waals surface area contributed by atoms with Crippen LogP contribution in [-0.4, -0.2) is 27.9 Å². The topological polar surface area (TPSA) is 99.0 Å². The number of halogens is 1. The summed E-state index contributed by atoms with van der Waals surface area (Å²) in [6.07, 6.45) is 1.70. The smallest absolute Gasteiger partial charge is 0.236 e. The summed E-state index contributed by atoms with van der Waals surface area (Å²) < 4.78 is 48.1. The molecule has 0 bridgehead atoms. The normalized spacial score (nSPS) is 11.4. The van der Waals surface area contributed by atoms with Crippen molar-refractivity contribution in [3.05, 3.63) is 89.5 Å². The van der Waals surface area contributed by atoms with Crippen molar-refractivity contribution in [1.29, 1.82) is 0 Å². The van der Waals surface area contributed by atoms with Crippen molar-refractivity contribution in [2.75, 3.05) is 4.72 Å². The zero-order valence-electron chi connectivity index (χ0n) is 18.3. The fraction of sp³-hybridized carbons (Fsp3) is 0.174. The Hall–Kier alpha value is -3.79. The summed E-state index contributed by atoms with van der Waals surface area (Å²) in [6.45, 7) is 5.65. The molecular formula is C23H22FN5O3S. The Kier molecular flexibility index (Phi) is 6.10. The Morgan fingerprint density at radius 3 is 2.33 bits per heavy atom. The molecule has 0 amide bonds. The van der Waals surface area contributed by atoms with Crippen molar-refractivity contribution in [3.8, 4) is 17.4 Å². The van der Waals surface area contributed by atoms with Gasteiger partial charge in [-0.15, -0.1) is 0 Å². The molecule has 0 atom stereocenters. The molecule has 8 nitrogen and oxygen atoms in total. The highest BCUT2D eigenvalue weighted by molar-refractivity contribution is 7.91. The summed E-state index contributed by atoms with van der Waals surface area (Å²) in [7, 11) is -3.66. The zero-order valence-corrected chi connectivity index (χ0v) is 19.1. The molecule has 0 aliphatic rings. The molecule has 2 heterocycles. The minimum atomic E-state index is -3.66. The largest absolute Gasteiger partial charge is 0.439 e. The van der Waals surface area contributed by atoms with Gasteiger partial charge in [0.1, 0.15) is 29.5 Å². The molecule has 0 aliphatic carbocycles. The van der Waals surface area contributed by atoms with Gasteiger partial charge in [0, 0.05) is 17.4 Å².